The fraction of sp³-hybridized carbons (Fsp3) is 0.889. The van der Waals surface area contributed by atoms with Gasteiger partial charge in [0.1, 0.15) is 0 Å². The number of carbonyl (C=O) groups excluding carboxylic acids is 1. The molecule has 2 saturated carbocycles. The predicted molar refractivity (Wildman–Crippen MR) is 86.0 cm³/mol. The van der Waals surface area contributed by atoms with E-state index in [1.807, 2.05) is 0 Å². The van der Waals surface area contributed by atoms with Gasteiger partial charge in [-0.2, -0.15) is 0 Å². The lowest BCUT2D eigenvalue weighted by molar-refractivity contribution is -0.182. The van der Waals surface area contributed by atoms with Crippen molar-refractivity contribution in [2.24, 2.45) is 11.8 Å². The van der Waals surface area contributed by atoms with Gasteiger partial charge in [-0.15, -0.1) is 0 Å². The van der Waals surface area contributed by atoms with Crippen molar-refractivity contribution in [1.82, 2.24) is 5.32 Å². The van der Waals surface area contributed by atoms with Crippen molar-refractivity contribution in [1.29, 1.82) is 0 Å². The highest BCUT2D eigenvalue weighted by Crippen LogP contribution is 2.46. The van der Waals surface area contributed by atoms with Crippen LogP contribution in [0.25, 0.3) is 0 Å². The van der Waals surface area contributed by atoms with E-state index in [1.165, 1.54) is 38.5 Å². The second-order valence-electron chi connectivity index (χ2n) is 7.79. The van der Waals surface area contributed by atoms with Crippen molar-refractivity contribution in [3.05, 3.63) is 0 Å². The first-order valence-corrected chi connectivity index (χ1v) is 9.22. The predicted octanol–water partition coefficient (Wildman–Crippen LogP) is 2.88. The Morgan fingerprint density at radius 2 is 1.74 bits per heavy atom. The Bertz CT molecular complexity index is 436. The monoisotopic (exact) mass is 323 g/mol. The van der Waals surface area contributed by atoms with Gasteiger partial charge in [0, 0.05) is 19.1 Å². The maximum atomic E-state index is 12.3. The lowest BCUT2D eigenvalue weighted by Crippen LogP contribution is -2.56. The van der Waals surface area contributed by atoms with E-state index in [4.69, 9.17) is 9.84 Å². The number of hydrogen-bond donors (Lipinski definition) is 2. The fourth-order valence-electron chi connectivity index (χ4n) is 4.57. The second-order valence-corrected chi connectivity index (χ2v) is 7.79. The molecule has 1 aliphatic heterocycles. The molecule has 0 aromatic heterocycles. The molecule has 130 valence electrons. The van der Waals surface area contributed by atoms with E-state index in [0.29, 0.717) is 31.8 Å². The zero-order valence-corrected chi connectivity index (χ0v) is 13.9. The molecule has 3 fully saturated rings. The Kier molecular flexibility index (Phi) is 5.24. The highest BCUT2D eigenvalue weighted by atomic mass is 16.5. The van der Waals surface area contributed by atoms with Crippen LogP contribution in [0.4, 0.5) is 0 Å². The molecule has 0 radical (unpaired) electrons. The van der Waals surface area contributed by atoms with Gasteiger partial charge >= 0.3 is 5.97 Å². The van der Waals surface area contributed by atoms with E-state index >= 15 is 0 Å². The third-order valence-electron chi connectivity index (χ3n) is 5.89. The standard InChI is InChI=1S/C18H29NO4/c20-16(9-13-5-3-1-2-4-6-13)19-15-7-8-23-18(12-15)10-14(11-18)17(21)22/h13-15H,1-12H2,(H,19,20)(H,21,22). The maximum Gasteiger partial charge on any atom is 0.306 e. The van der Waals surface area contributed by atoms with E-state index in [9.17, 15) is 9.59 Å². The lowest BCUT2D eigenvalue weighted by Gasteiger charge is -2.50. The van der Waals surface area contributed by atoms with Gasteiger partial charge in [0.05, 0.1) is 11.5 Å². The minimum atomic E-state index is -0.723. The van der Waals surface area contributed by atoms with Crippen LogP contribution in [-0.4, -0.2) is 35.2 Å². The fourth-order valence-corrected chi connectivity index (χ4v) is 4.57. The van der Waals surface area contributed by atoms with Crippen LogP contribution >= 0.6 is 0 Å². The van der Waals surface area contributed by atoms with Crippen LogP contribution in [0.5, 0.6) is 0 Å². The van der Waals surface area contributed by atoms with Crippen molar-refractivity contribution < 1.29 is 19.4 Å². The summed E-state index contributed by atoms with van der Waals surface area (Å²) in [6.45, 7) is 0.626. The first-order chi connectivity index (χ1) is 11.1. The largest absolute Gasteiger partial charge is 0.481 e. The van der Waals surface area contributed by atoms with Crippen molar-refractivity contribution in [3.8, 4) is 0 Å². The molecule has 3 aliphatic rings. The smallest absolute Gasteiger partial charge is 0.306 e. The summed E-state index contributed by atoms with van der Waals surface area (Å²) in [7, 11) is 0. The zero-order valence-electron chi connectivity index (χ0n) is 13.9. The van der Waals surface area contributed by atoms with Gasteiger partial charge < -0.3 is 15.2 Å². The molecular formula is C18H29NO4. The number of carboxylic acids is 1. The molecule has 1 heterocycles. The summed E-state index contributed by atoms with van der Waals surface area (Å²) < 4.78 is 5.85. The Balaban J connectivity index is 1.44. The molecule has 3 rings (SSSR count). The zero-order chi connectivity index (χ0) is 16.3. The Hall–Kier alpha value is -1.10. The summed E-state index contributed by atoms with van der Waals surface area (Å²) >= 11 is 0. The molecular weight excluding hydrogens is 294 g/mol. The highest BCUT2D eigenvalue weighted by Gasteiger charge is 2.51. The first kappa shape index (κ1) is 16.7. The van der Waals surface area contributed by atoms with Crippen molar-refractivity contribution in [3.63, 3.8) is 0 Å². The Labute approximate surface area is 138 Å². The molecule has 0 aromatic carbocycles. The van der Waals surface area contributed by atoms with Crippen LogP contribution in [0.15, 0.2) is 0 Å². The van der Waals surface area contributed by atoms with Crippen molar-refractivity contribution in [2.75, 3.05) is 6.61 Å². The van der Waals surface area contributed by atoms with Gasteiger partial charge in [0.25, 0.3) is 0 Å². The number of carboxylic acid groups (broad SMARTS) is 1. The molecule has 23 heavy (non-hydrogen) atoms. The molecule has 1 unspecified atom stereocenters. The molecule has 2 aliphatic carbocycles. The van der Waals surface area contributed by atoms with Crippen molar-refractivity contribution >= 4 is 11.9 Å². The number of rotatable bonds is 4. The SMILES string of the molecule is O=C(CC1CCCCCC1)NC1CCOC2(C1)CC(C(=O)O)C2. The van der Waals surface area contributed by atoms with Gasteiger partial charge in [0.15, 0.2) is 0 Å². The van der Waals surface area contributed by atoms with Crippen LogP contribution in [0.3, 0.4) is 0 Å². The summed E-state index contributed by atoms with van der Waals surface area (Å²) in [6, 6.07) is 0.150. The quantitative estimate of drug-likeness (QED) is 0.780. The lowest BCUT2D eigenvalue weighted by atomic mass is 9.66. The van der Waals surface area contributed by atoms with Crippen LogP contribution < -0.4 is 5.32 Å². The summed E-state index contributed by atoms with van der Waals surface area (Å²) in [4.78, 5) is 23.3. The van der Waals surface area contributed by atoms with Crippen LogP contribution in [-0.2, 0) is 14.3 Å². The van der Waals surface area contributed by atoms with Gasteiger partial charge in [-0.1, -0.05) is 25.7 Å². The molecule has 1 spiro atoms. The molecule has 1 saturated heterocycles. The highest BCUT2D eigenvalue weighted by molar-refractivity contribution is 5.76. The van der Waals surface area contributed by atoms with Crippen LogP contribution in [0, 0.1) is 11.8 Å². The third-order valence-corrected chi connectivity index (χ3v) is 5.89. The molecule has 5 nitrogen and oxygen atoms in total. The van der Waals surface area contributed by atoms with Crippen molar-refractivity contribution in [2.45, 2.75) is 82.3 Å². The van der Waals surface area contributed by atoms with E-state index < -0.39 is 5.97 Å². The number of carbonyl (C=O) groups is 2. The van der Waals surface area contributed by atoms with Crippen LogP contribution in [0.2, 0.25) is 0 Å². The summed E-state index contributed by atoms with van der Waals surface area (Å²) in [5.41, 5.74) is -0.290. The minimum absolute atomic E-state index is 0.150. The summed E-state index contributed by atoms with van der Waals surface area (Å²) in [5.74, 6) is -0.270. The average Bonchev–Trinajstić information content (AvgIpc) is 2.73. The topological polar surface area (TPSA) is 75.6 Å². The van der Waals surface area contributed by atoms with Gasteiger partial charge in [-0.25, -0.2) is 0 Å². The number of hydrogen-bond acceptors (Lipinski definition) is 3. The minimum Gasteiger partial charge on any atom is -0.481 e. The maximum absolute atomic E-state index is 12.3. The van der Waals surface area contributed by atoms with Gasteiger partial charge in [-0.3, -0.25) is 9.59 Å². The molecule has 1 amide bonds. The van der Waals surface area contributed by atoms with Gasteiger partial charge in [-0.05, 0) is 44.4 Å². The third kappa shape index (κ3) is 4.25. The number of ether oxygens (including phenoxy) is 1. The van der Waals surface area contributed by atoms with E-state index in [-0.39, 0.29) is 23.5 Å². The second kappa shape index (κ2) is 7.20. The summed E-state index contributed by atoms with van der Waals surface area (Å²) in [6.07, 6.45) is 11.0. The van der Waals surface area contributed by atoms with E-state index in [1.54, 1.807) is 0 Å². The number of aliphatic carboxylic acids is 1. The van der Waals surface area contributed by atoms with E-state index in [2.05, 4.69) is 5.32 Å². The Morgan fingerprint density at radius 1 is 1.04 bits per heavy atom. The van der Waals surface area contributed by atoms with Crippen LogP contribution in [0.1, 0.15) is 70.6 Å². The molecule has 5 heteroatoms. The number of amides is 1. The molecule has 2 N–H and O–H groups in total. The number of nitrogens with one attached hydrogen (secondary N) is 1. The summed E-state index contributed by atoms with van der Waals surface area (Å²) in [5, 5.41) is 12.2. The van der Waals surface area contributed by atoms with Gasteiger partial charge in [0.2, 0.25) is 5.91 Å². The Morgan fingerprint density at radius 3 is 2.39 bits per heavy atom. The molecule has 1 atom stereocenters. The molecule has 0 aromatic rings. The van der Waals surface area contributed by atoms with E-state index in [0.717, 1.165) is 12.8 Å². The first-order valence-electron chi connectivity index (χ1n) is 9.22. The average molecular weight is 323 g/mol. The molecule has 0 bridgehead atoms. The normalized spacial score (nSPS) is 35.3.